The number of hydrogen-bond acceptors (Lipinski definition) is 2. The quantitative estimate of drug-likeness (QED) is 0.750. The van der Waals surface area contributed by atoms with Crippen LogP contribution in [-0.2, 0) is 4.79 Å². The van der Waals surface area contributed by atoms with Crippen LogP contribution in [0.2, 0.25) is 0 Å². The first kappa shape index (κ1) is 13.5. The van der Waals surface area contributed by atoms with E-state index in [2.05, 4.69) is 24.1 Å². The maximum Gasteiger partial charge on any atom is 0.226 e. The predicted molar refractivity (Wildman–Crippen MR) is 67.3 cm³/mol. The lowest BCUT2D eigenvalue weighted by molar-refractivity contribution is -0.133. The molecule has 0 aromatic heterocycles. The van der Waals surface area contributed by atoms with Gasteiger partial charge >= 0.3 is 0 Å². The van der Waals surface area contributed by atoms with Crippen molar-refractivity contribution < 1.29 is 4.79 Å². The minimum absolute atomic E-state index is 0.125. The van der Waals surface area contributed by atoms with Crippen LogP contribution in [0.15, 0.2) is 0 Å². The number of carbonyl (C=O) groups is 1. The number of amides is 1. The number of hydrogen-bond donors (Lipinski definition) is 1. The molecule has 0 saturated carbocycles. The summed E-state index contributed by atoms with van der Waals surface area (Å²) in [7, 11) is 0. The Labute approximate surface area is 99.6 Å². The smallest absolute Gasteiger partial charge is 0.226 e. The van der Waals surface area contributed by atoms with Gasteiger partial charge in [-0.25, -0.2) is 0 Å². The summed E-state index contributed by atoms with van der Waals surface area (Å²) in [5.41, 5.74) is 0. The fourth-order valence-corrected chi connectivity index (χ4v) is 2.44. The highest BCUT2D eigenvalue weighted by atomic mass is 16.2. The summed E-state index contributed by atoms with van der Waals surface area (Å²) in [6.07, 6.45) is 3.71. The van der Waals surface area contributed by atoms with Crippen LogP contribution in [-0.4, -0.2) is 37.0 Å². The molecule has 0 aliphatic carbocycles. The fraction of sp³-hybridized carbons (Fsp3) is 0.923. The highest BCUT2D eigenvalue weighted by Gasteiger charge is 2.27. The van der Waals surface area contributed by atoms with Crippen molar-refractivity contribution in [1.29, 1.82) is 0 Å². The first-order valence-electron chi connectivity index (χ1n) is 6.68. The van der Waals surface area contributed by atoms with Crippen LogP contribution < -0.4 is 5.32 Å². The van der Waals surface area contributed by atoms with Crippen LogP contribution in [0, 0.1) is 11.8 Å². The van der Waals surface area contributed by atoms with E-state index in [1.807, 2.05) is 6.92 Å². The highest BCUT2D eigenvalue weighted by molar-refractivity contribution is 5.79. The van der Waals surface area contributed by atoms with Crippen molar-refractivity contribution in [1.82, 2.24) is 10.2 Å². The molecule has 0 bridgehead atoms. The number of rotatable bonds is 6. The van der Waals surface area contributed by atoms with Gasteiger partial charge in [0.15, 0.2) is 0 Å². The van der Waals surface area contributed by atoms with Crippen molar-refractivity contribution in [2.45, 2.75) is 40.0 Å². The van der Waals surface area contributed by atoms with Gasteiger partial charge in [-0.2, -0.15) is 0 Å². The van der Waals surface area contributed by atoms with E-state index in [-0.39, 0.29) is 5.92 Å². The molecular formula is C13H26N2O. The van der Waals surface area contributed by atoms with E-state index in [9.17, 15) is 4.79 Å². The molecule has 1 rings (SSSR count). The zero-order valence-electron chi connectivity index (χ0n) is 11.0. The monoisotopic (exact) mass is 226 g/mol. The normalized spacial score (nSPS) is 22.4. The van der Waals surface area contributed by atoms with Crippen molar-refractivity contribution >= 4 is 5.91 Å². The Morgan fingerprint density at radius 1 is 1.50 bits per heavy atom. The van der Waals surface area contributed by atoms with Crippen molar-refractivity contribution in [2.75, 3.05) is 26.2 Å². The minimum atomic E-state index is 0.125. The van der Waals surface area contributed by atoms with Crippen molar-refractivity contribution in [3.8, 4) is 0 Å². The van der Waals surface area contributed by atoms with Crippen molar-refractivity contribution in [3.63, 3.8) is 0 Å². The van der Waals surface area contributed by atoms with Gasteiger partial charge in [-0.1, -0.05) is 27.2 Å². The van der Waals surface area contributed by atoms with Gasteiger partial charge in [0, 0.05) is 25.6 Å². The lowest BCUT2D eigenvalue weighted by Crippen LogP contribution is -2.37. The molecule has 0 aromatic rings. The molecule has 0 radical (unpaired) electrons. The minimum Gasteiger partial charge on any atom is -0.342 e. The molecule has 16 heavy (non-hydrogen) atoms. The summed E-state index contributed by atoms with van der Waals surface area (Å²) in [4.78, 5) is 14.1. The van der Waals surface area contributed by atoms with E-state index < -0.39 is 0 Å². The summed E-state index contributed by atoms with van der Waals surface area (Å²) < 4.78 is 0. The van der Waals surface area contributed by atoms with E-state index in [1.165, 1.54) is 19.3 Å². The topological polar surface area (TPSA) is 32.3 Å². The van der Waals surface area contributed by atoms with Gasteiger partial charge < -0.3 is 10.2 Å². The molecule has 1 N–H and O–H groups in total. The highest BCUT2D eigenvalue weighted by Crippen LogP contribution is 2.22. The molecule has 1 fully saturated rings. The number of nitrogens with zero attached hydrogens (tertiary/aromatic N) is 1. The van der Waals surface area contributed by atoms with Crippen LogP contribution in [0.25, 0.3) is 0 Å². The Bertz CT molecular complexity index is 218. The van der Waals surface area contributed by atoms with Crippen LogP contribution in [0.5, 0.6) is 0 Å². The van der Waals surface area contributed by atoms with Gasteiger partial charge in [0.1, 0.15) is 0 Å². The molecule has 3 heteroatoms. The fourth-order valence-electron chi connectivity index (χ4n) is 2.44. The molecule has 1 heterocycles. The second kappa shape index (κ2) is 6.89. The molecule has 1 amide bonds. The van der Waals surface area contributed by atoms with Crippen LogP contribution in [0.3, 0.4) is 0 Å². The summed E-state index contributed by atoms with van der Waals surface area (Å²) in [6, 6.07) is 0. The third-order valence-corrected chi connectivity index (χ3v) is 3.42. The average molecular weight is 226 g/mol. The lowest BCUT2D eigenvalue weighted by Gasteiger charge is -2.21. The largest absolute Gasteiger partial charge is 0.342 e. The van der Waals surface area contributed by atoms with Crippen LogP contribution in [0.1, 0.15) is 40.0 Å². The Kier molecular flexibility index (Phi) is 5.81. The van der Waals surface area contributed by atoms with E-state index in [0.29, 0.717) is 5.91 Å². The number of nitrogens with one attached hydrogen (secondary N) is 1. The van der Waals surface area contributed by atoms with Crippen LogP contribution >= 0.6 is 0 Å². The second-order valence-corrected chi connectivity index (χ2v) is 4.94. The average Bonchev–Trinajstić information content (AvgIpc) is 2.74. The maximum atomic E-state index is 12.1. The molecule has 0 spiro atoms. The maximum absolute atomic E-state index is 12.1. The van der Waals surface area contributed by atoms with E-state index in [1.54, 1.807) is 0 Å². The molecular weight excluding hydrogens is 200 g/mol. The molecule has 0 aromatic carbocycles. The third-order valence-electron chi connectivity index (χ3n) is 3.42. The van der Waals surface area contributed by atoms with Gasteiger partial charge in [0.05, 0.1) is 0 Å². The van der Waals surface area contributed by atoms with Gasteiger partial charge in [-0.3, -0.25) is 4.79 Å². The third kappa shape index (κ3) is 3.78. The van der Waals surface area contributed by atoms with Gasteiger partial charge in [-0.15, -0.1) is 0 Å². The SMILES string of the molecule is CCCC1CCN(C(=O)C(C)CNCC)C1. The zero-order chi connectivity index (χ0) is 12.0. The molecule has 2 atom stereocenters. The summed E-state index contributed by atoms with van der Waals surface area (Å²) in [5.74, 6) is 1.21. The van der Waals surface area contributed by atoms with Crippen molar-refractivity contribution in [2.24, 2.45) is 11.8 Å². The molecule has 1 aliphatic rings. The number of carbonyl (C=O) groups excluding carboxylic acids is 1. The first-order valence-corrected chi connectivity index (χ1v) is 6.68. The van der Waals surface area contributed by atoms with Crippen LogP contribution in [0.4, 0.5) is 0 Å². The lowest BCUT2D eigenvalue weighted by atomic mass is 10.0. The Hall–Kier alpha value is -0.570. The van der Waals surface area contributed by atoms with E-state index in [4.69, 9.17) is 0 Å². The summed E-state index contributed by atoms with van der Waals surface area (Å²) in [6.45, 7) is 10.0. The Morgan fingerprint density at radius 3 is 2.88 bits per heavy atom. The van der Waals surface area contributed by atoms with Gasteiger partial charge in [0.2, 0.25) is 5.91 Å². The van der Waals surface area contributed by atoms with Gasteiger partial charge in [-0.05, 0) is 25.3 Å². The zero-order valence-corrected chi connectivity index (χ0v) is 11.0. The Morgan fingerprint density at radius 2 is 2.25 bits per heavy atom. The standard InChI is InChI=1S/C13H26N2O/c1-4-6-12-7-8-15(10-12)13(16)11(3)9-14-5-2/h11-12,14H,4-10H2,1-3H3. The summed E-state index contributed by atoms with van der Waals surface area (Å²) in [5, 5.41) is 3.24. The Balaban J connectivity index is 2.32. The number of likely N-dealkylation sites (tertiary alicyclic amines) is 1. The summed E-state index contributed by atoms with van der Waals surface area (Å²) >= 11 is 0. The second-order valence-electron chi connectivity index (χ2n) is 4.94. The van der Waals surface area contributed by atoms with E-state index in [0.717, 1.165) is 32.1 Å². The first-order chi connectivity index (χ1) is 7.69. The van der Waals surface area contributed by atoms with Gasteiger partial charge in [0.25, 0.3) is 0 Å². The predicted octanol–water partition coefficient (Wildman–Crippen LogP) is 1.88. The molecule has 1 saturated heterocycles. The van der Waals surface area contributed by atoms with E-state index >= 15 is 0 Å². The molecule has 2 unspecified atom stereocenters. The van der Waals surface area contributed by atoms with Crippen molar-refractivity contribution in [3.05, 3.63) is 0 Å². The molecule has 1 aliphatic heterocycles. The molecule has 3 nitrogen and oxygen atoms in total. The molecule has 94 valence electrons.